The van der Waals surface area contributed by atoms with Crippen LogP contribution in [0.2, 0.25) is 5.02 Å². The molecule has 15 heavy (non-hydrogen) atoms. The lowest BCUT2D eigenvalue weighted by Crippen LogP contribution is -2.01. The molecular weight excluding hydrogens is 223 g/mol. The molecule has 0 bridgehead atoms. The highest BCUT2D eigenvalue weighted by Gasteiger charge is 2.11. The fourth-order valence-electron chi connectivity index (χ4n) is 1.19. The van der Waals surface area contributed by atoms with Crippen LogP contribution < -0.4 is 4.74 Å². The van der Waals surface area contributed by atoms with Gasteiger partial charge in [-0.3, -0.25) is 4.79 Å². The van der Waals surface area contributed by atoms with Crippen LogP contribution >= 0.6 is 11.6 Å². The number of carboxylic acid groups (broad SMARTS) is 1. The average Bonchev–Trinajstić information content (AvgIpc) is 2.18. The largest absolute Gasteiger partial charge is 0.494 e. The van der Waals surface area contributed by atoms with Gasteiger partial charge >= 0.3 is 5.97 Å². The van der Waals surface area contributed by atoms with Crippen molar-refractivity contribution in [3.8, 4) is 5.75 Å². The first-order valence-corrected chi connectivity index (χ1v) is 4.66. The summed E-state index contributed by atoms with van der Waals surface area (Å²) in [5.41, 5.74) is 0.252. The topological polar surface area (TPSA) is 46.5 Å². The molecule has 0 aliphatic rings. The second-order valence-corrected chi connectivity index (χ2v) is 3.41. The minimum atomic E-state index is -0.978. The van der Waals surface area contributed by atoms with Crippen LogP contribution in [-0.2, 0) is 11.2 Å². The number of methoxy groups -OCH3 is 1. The van der Waals surface area contributed by atoms with E-state index in [9.17, 15) is 9.18 Å². The predicted molar refractivity (Wildman–Crippen MR) is 53.9 cm³/mol. The van der Waals surface area contributed by atoms with Crippen molar-refractivity contribution in [3.63, 3.8) is 0 Å². The van der Waals surface area contributed by atoms with E-state index in [0.717, 1.165) is 0 Å². The van der Waals surface area contributed by atoms with Crippen molar-refractivity contribution in [2.24, 2.45) is 0 Å². The molecule has 0 fully saturated rings. The van der Waals surface area contributed by atoms with Gasteiger partial charge in [-0.2, -0.15) is 0 Å². The third-order valence-corrected chi connectivity index (χ3v) is 2.13. The van der Waals surface area contributed by atoms with Gasteiger partial charge in [0, 0.05) is 17.5 Å². The van der Waals surface area contributed by atoms with Crippen LogP contribution in [0, 0.1) is 5.82 Å². The summed E-state index contributed by atoms with van der Waals surface area (Å²) in [6.45, 7) is 0. The van der Waals surface area contributed by atoms with Crippen molar-refractivity contribution in [1.82, 2.24) is 0 Å². The Kier molecular flexibility index (Phi) is 3.91. The van der Waals surface area contributed by atoms with E-state index in [1.54, 1.807) is 0 Å². The zero-order valence-corrected chi connectivity index (χ0v) is 8.84. The highest BCUT2D eigenvalue weighted by atomic mass is 35.5. The lowest BCUT2D eigenvalue weighted by molar-refractivity contribution is -0.136. The standard InChI is InChI=1S/C10H10ClFO3/c1-15-8-5-7(11)4-6(10(8)12)2-3-9(13)14/h4-5H,2-3H2,1H3,(H,13,14). The Morgan fingerprint density at radius 1 is 1.60 bits per heavy atom. The summed E-state index contributed by atoms with van der Waals surface area (Å²) in [6, 6.07) is 2.75. The van der Waals surface area contributed by atoms with Gasteiger partial charge in [-0.1, -0.05) is 11.6 Å². The van der Waals surface area contributed by atoms with Gasteiger partial charge in [0.1, 0.15) is 0 Å². The number of rotatable bonds is 4. The Bertz CT molecular complexity index is 379. The van der Waals surface area contributed by atoms with Gasteiger partial charge in [-0.15, -0.1) is 0 Å². The summed E-state index contributed by atoms with van der Waals surface area (Å²) in [7, 11) is 1.33. The Morgan fingerprint density at radius 2 is 2.27 bits per heavy atom. The molecule has 0 unspecified atom stereocenters. The van der Waals surface area contributed by atoms with E-state index in [1.807, 2.05) is 0 Å². The van der Waals surface area contributed by atoms with Crippen LogP contribution in [0.15, 0.2) is 12.1 Å². The maximum Gasteiger partial charge on any atom is 0.303 e. The Labute approximate surface area is 91.4 Å². The molecule has 0 amide bonds. The highest BCUT2D eigenvalue weighted by molar-refractivity contribution is 6.30. The summed E-state index contributed by atoms with van der Waals surface area (Å²) >= 11 is 5.72. The molecule has 82 valence electrons. The van der Waals surface area contributed by atoms with E-state index >= 15 is 0 Å². The fourth-order valence-corrected chi connectivity index (χ4v) is 1.42. The minimum absolute atomic E-state index is 0.0305. The van der Waals surface area contributed by atoms with Crippen LogP contribution in [0.5, 0.6) is 5.75 Å². The van der Waals surface area contributed by atoms with Crippen molar-refractivity contribution < 1.29 is 19.0 Å². The number of aliphatic carboxylic acids is 1. The van der Waals surface area contributed by atoms with Crippen LogP contribution in [0.4, 0.5) is 4.39 Å². The molecule has 0 spiro atoms. The van der Waals surface area contributed by atoms with Crippen molar-refractivity contribution in [1.29, 1.82) is 0 Å². The molecule has 0 radical (unpaired) electrons. The Hall–Kier alpha value is -1.29. The Morgan fingerprint density at radius 3 is 2.80 bits per heavy atom. The number of halogens is 2. The Balaban J connectivity index is 2.95. The molecule has 0 saturated carbocycles. The molecule has 0 aliphatic heterocycles. The molecule has 1 N–H and O–H groups in total. The number of carboxylic acids is 1. The van der Waals surface area contributed by atoms with Gasteiger partial charge in [-0.25, -0.2) is 4.39 Å². The molecule has 0 aromatic heterocycles. The number of carbonyl (C=O) groups is 1. The normalized spacial score (nSPS) is 10.1. The van der Waals surface area contributed by atoms with Crippen molar-refractivity contribution in [2.75, 3.05) is 7.11 Å². The zero-order valence-electron chi connectivity index (χ0n) is 8.09. The first-order chi connectivity index (χ1) is 7.04. The zero-order chi connectivity index (χ0) is 11.4. The van der Waals surface area contributed by atoms with Crippen molar-refractivity contribution >= 4 is 17.6 Å². The van der Waals surface area contributed by atoms with Crippen molar-refractivity contribution in [2.45, 2.75) is 12.8 Å². The molecule has 5 heteroatoms. The lowest BCUT2D eigenvalue weighted by atomic mass is 10.1. The quantitative estimate of drug-likeness (QED) is 0.868. The smallest absolute Gasteiger partial charge is 0.303 e. The molecule has 1 aromatic carbocycles. The van der Waals surface area contributed by atoms with Crippen LogP contribution in [0.3, 0.4) is 0 Å². The van der Waals surface area contributed by atoms with Gasteiger partial charge in [0.05, 0.1) is 7.11 Å². The number of hydrogen-bond donors (Lipinski definition) is 1. The summed E-state index contributed by atoms with van der Waals surface area (Å²) in [4.78, 5) is 10.3. The molecule has 0 saturated heterocycles. The minimum Gasteiger partial charge on any atom is -0.494 e. The molecule has 0 heterocycles. The second-order valence-electron chi connectivity index (χ2n) is 2.97. The summed E-state index contributed by atoms with van der Waals surface area (Å²) in [5.74, 6) is -1.50. The van der Waals surface area contributed by atoms with E-state index in [-0.39, 0.29) is 24.2 Å². The van der Waals surface area contributed by atoms with Crippen LogP contribution in [0.1, 0.15) is 12.0 Å². The molecule has 1 rings (SSSR count). The first kappa shape index (κ1) is 11.8. The fraction of sp³-hybridized carbons (Fsp3) is 0.300. The maximum absolute atomic E-state index is 13.5. The van der Waals surface area contributed by atoms with Crippen molar-refractivity contribution in [3.05, 3.63) is 28.5 Å². The number of benzene rings is 1. The summed E-state index contributed by atoms with van der Waals surface area (Å²) in [5, 5.41) is 8.80. The van der Waals surface area contributed by atoms with E-state index in [2.05, 4.69) is 0 Å². The monoisotopic (exact) mass is 232 g/mol. The van der Waals surface area contributed by atoms with E-state index in [4.69, 9.17) is 21.4 Å². The van der Waals surface area contributed by atoms with Crippen LogP contribution in [-0.4, -0.2) is 18.2 Å². The van der Waals surface area contributed by atoms with Gasteiger partial charge in [0.15, 0.2) is 11.6 Å². The van der Waals surface area contributed by atoms with Crippen LogP contribution in [0.25, 0.3) is 0 Å². The van der Waals surface area contributed by atoms with Gasteiger partial charge in [-0.05, 0) is 18.1 Å². The molecule has 1 aromatic rings. The number of ether oxygens (including phenoxy) is 1. The lowest BCUT2D eigenvalue weighted by Gasteiger charge is -2.07. The molecule has 0 atom stereocenters. The van der Waals surface area contributed by atoms with Gasteiger partial charge in [0.2, 0.25) is 0 Å². The third-order valence-electron chi connectivity index (χ3n) is 1.91. The maximum atomic E-state index is 13.5. The average molecular weight is 233 g/mol. The van der Waals surface area contributed by atoms with E-state index < -0.39 is 11.8 Å². The van der Waals surface area contributed by atoms with Gasteiger partial charge in [0.25, 0.3) is 0 Å². The third kappa shape index (κ3) is 3.09. The van der Waals surface area contributed by atoms with E-state index in [0.29, 0.717) is 5.02 Å². The molecular formula is C10H10ClFO3. The summed E-state index contributed by atoms with van der Waals surface area (Å²) in [6.07, 6.45) is -0.0432. The highest BCUT2D eigenvalue weighted by Crippen LogP contribution is 2.26. The van der Waals surface area contributed by atoms with Gasteiger partial charge < -0.3 is 9.84 Å². The number of aryl methyl sites for hydroxylation is 1. The summed E-state index contributed by atoms with van der Waals surface area (Å²) < 4.78 is 18.3. The predicted octanol–water partition coefficient (Wildman–Crippen LogP) is 2.50. The molecule has 0 aliphatic carbocycles. The number of hydrogen-bond acceptors (Lipinski definition) is 2. The molecule has 3 nitrogen and oxygen atoms in total. The van der Waals surface area contributed by atoms with E-state index in [1.165, 1.54) is 19.2 Å². The SMILES string of the molecule is COc1cc(Cl)cc(CCC(=O)O)c1F. The first-order valence-electron chi connectivity index (χ1n) is 4.28. The second kappa shape index (κ2) is 4.98.